The van der Waals surface area contributed by atoms with Gasteiger partial charge in [0.15, 0.2) is 17.6 Å². The Morgan fingerprint density at radius 3 is 1.66 bits per heavy atom. The molecule has 1 aromatic rings. The van der Waals surface area contributed by atoms with Gasteiger partial charge in [0.2, 0.25) is 0 Å². The molecule has 1 aromatic carbocycles. The minimum absolute atomic E-state index is 0.0479. The van der Waals surface area contributed by atoms with E-state index in [2.05, 4.69) is 45.6 Å². The number of hydrogen-bond donors (Lipinski definition) is 1. The normalized spacial score (nSPS) is 25.3. The second kappa shape index (κ2) is 31.4. The molecule has 4 saturated carbocycles. The van der Waals surface area contributed by atoms with Gasteiger partial charge in [-0.3, -0.25) is 24.1 Å². The van der Waals surface area contributed by atoms with Crippen LogP contribution in [0, 0.1) is 28.6 Å². The Balaban J connectivity index is 0.913. The number of aliphatic hydroxyl groups is 1. The van der Waals surface area contributed by atoms with Gasteiger partial charge >= 0.3 is 23.9 Å². The Morgan fingerprint density at radius 1 is 0.671 bits per heavy atom. The number of rotatable bonds is 42. The van der Waals surface area contributed by atoms with Crippen LogP contribution in [0.25, 0.3) is 0 Å². The Kier molecular flexibility index (Phi) is 25.4. The first-order valence-electron chi connectivity index (χ1n) is 34.0. The maximum Gasteiger partial charge on any atom is 0.311 e. The molecule has 7 aliphatic rings. The number of carbonyl (C=O) groups is 4. The van der Waals surface area contributed by atoms with E-state index >= 15 is 0 Å². The van der Waals surface area contributed by atoms with Crippen LogP contribution >= 0.6 is 0 Å². The van der Waals surface area contributed by atoms with Crippen molar-refractivity contribution in [2.45, 2.75) is 321 Å². The lowest BCUT2D eigenvalue weighted by Crippen LogP contribution is -2.83. The molecule has 2 unspecified atom stereocenters. The zero-order chi connectivity index (χ0) is 58.8. The van der Waals surface area contributed by atoms with Crippen LogP contribution in [0.15, 0.2) is 12.1 Å². The molecule has 12 heteroatoms. The maximum absolute atomic E-state index is 14.0. The Hall–Kier alpha value is -3.22. The van der Waals surface area contributed by atoms with Gasteiger partial charge in [-0.25, -0.2) is 0 Å². The fourth-order valence-electron chi connectivity index (χ4n) is 15.9. The largest absolute Gasteiger partial charge is 0.482 e. The van der Waals surface area contributed by atoms with Gasteiger partial charge in [0, 0.05) is 67.7 Å². The molecular weight excluding hydrogens is 1030 g/mol. The van der Waals surface area contributed by atoms with Crippen molar-refractivity contribution in [1.82, 2.24) is 4.90 Å². The molecule has 2 heterocycles. The van der Waals surface area contributed by atoms with E-state index in [1.807, 2.05) is 19.9 Å². The summed E-state index contributed by atoms with van der Waals surface area (Å²) in [6.07, 6.45) is 37.7. The fraction of sp³-hybridized carbons (Fsp3) is 0.857. The Bertz CT molecular complexity index is 2120. The van der Waals surface area contributed by atoms with Crippen LogP contribution in [-0.4, -0.2) is 96.7 Å². The van der Waals surface area contributed by atoms with E-state index in [0.29, 0.717) is 17.5 Å². The highest BCUT2D eigenvalue weighted by Gasteiger charge is 2.82. The minimum atomic E-state index is -1.05. The minimum Gasteiger partial charge on any atom is -0.482 e. The quantitative estimate of drug-likeness (QED) is 0.0288. The summed E-state index contributed by atoms with van der Waals surface area (Å²) >= 11 is 0. The standard InChI is InChI=1S/C70H115NO11/c1-9-11-13-15-17-19-21-23-25-27-29-31-33-35-59(72)78-50-55(51-79-60(73)36-34-32-30-28-26-24-22-20-18-16-14-12-10-2)80-61(74)45-52(3)46-62(75)81-56-40-39-54-47-58-68-41-42-70(77-8,57(48-68)67(7,76)66(4,5)6)65-69(68,63(54)64(56)82-65)43-44-71(58)49-53-37-38-53/h39-40,52-53,55,57-58,65,76H,9-38,41-51H2,1-8H3/t52?,57-,58?,65-,67+,68-,69+,70+/m1/s1. The van der Waals surface area contributed by atoms with Gasteiger partial charge in [0.25, 0.3) is 0 Å². The highest BCUT2D eigenvalue weighted by Crippen LogP contribution is 2.78. The summed E-state index contributed by atoms with van der Waals surface area (Å²) in [6.45, 7) is 16.4. The summed E-state index contributed by atoms with van der Waals surface area (Å²) in [7, 11) is 1.80. The van der Waals surface area contributed by atoms with Crippen molar-refractivity contribution in [3.05, 3.63) is 23.3 Å². The molecule has 5 aliphatic carbocycles. The molecule has 4 bridgehead atoms. The predicted octanol–water partition coefficient (Wildman–Crippen LogP) is 16.0. The SMILES string of the molecule is CCCCCCCCCCCCCCCC(=O)OCC(COC(=O)CCCCCCCCCCCCCCC)OC(=O)CC(C)CC(=O)Oc1ccc2c3c1O[C@H]1[C@]4(OC)CC[C@@]5(C[C@@H]4[C@](C)(O)C(C)(C)C)C(C2)N(CC2CC2)CC[C@]315. The van der Waals surface area contributed by atoms with Crippen LogP contribution in [0.2, 0.25) is 0 Å². The number of carbonyl (C=O) groups excluding carboxylic acids is 4. The van der Waals surface area contributed by atoms with Crippen molar-refractivity contribution >= 4 is 23.9 Å². The fourth-order valence-corrected chi connectivity index (χ4v) is 15.9. The number of fused-ring (bicyclic) bond motifs is 2. The van der Waals surface area contributed by atoms with Crippen LogP contribution in [0.4, 0.5) is 0 Å². The average Bonchev–Trinajstić information content (AvgIpc) is 1.55. The molecular formula is C70H115NO11. The zero-order valence-electron chi connectivity index (χ0n) is 53.1. The molecule has 2 aliphatic heterocycles. The van der Waals surface area contributed by atoms with Gasteiger partial charge in [-0.1, -0.05) is 202 Å². The van der Waals surface area contributed by atoms with Crippen molar-refractivity contribution in [2.24, 2.45) is 28.6 Å². The predicted molar refractivity (Wildman–Crippen MR) is 325 cm³/mol. The van der Waals surface area contributed by atoms with Gasteiger partial charge in [0.1, 0.15) is 24.9 Å². The molecule has 2 spiro atoms. The molecule has 8 atom stereocenters. The van der Waals surface area contributed by atoms with E-state index < -0.39 is 40.6 Å². The number of unbranched alkanes of at least 4 members (excludes halogenated alkanes) is 24. The first-order valence-corrected chi connectivity index (χ1v) is 34.0. The lowest BCUT2D eigenvalue weighted by Gasteiger charge is -2.75. The number of esters is 4. The topological polar surface area (TPSA) is 147 Å². The Morgan fingerprint density at radius 2 is 1.17 bits per heavy atom. The highest BCUT2D eigenvalue weighted by atomic mass is 16.6. The molecule has 466 valence electrons. The van der Waals surface area contributed by atoms with Crippen molar-refractivity contribution in [1.29, 1.82) is 0 Å². The van der Waals surface area contributed by atoms with Gasteiger partial charge < -0.3 is 33.5 Å². The molecule has 0 aromatic heterocycles. The molecule has 0 amide bonds. The molecule has 8 rings (SSSR count). The number of hydrogen-bond acceptors (Lipinski definition) is 12. The molecule has 0 radical (unpaired) electrons. The third-order valence-electron chi connectivity index (χ3n) is 21.2. The van der Waals surface area contributed by atoms with Crippen LogP contribution in [0.3, 0.4) is 0 Å². The molecule has 82 heavy (non-hydrogen) atoms. The summed E-state index contributed by atoms with van der Waals surface area (Å²) in [6, 6.07) is 4.36. The van der Waals surface area contributed by atoms with E-state index in [-0.39, 0.29) is 73.7 Å². The van der Waals surface area contributed by atoms with E-state index in [1.54, 1.807) is 7.11 Å². The van der Waals surface area contributed by atoms with Crippen molar-refractivity contribution in [2.75, 3.05) is 33.4 Å². The maximum atomic E-state index is 14.0. The molecule has 1 N–H and O–H groups in total. The molecule has 5 fully saturated rings. The summed E-state index contributed by atoms with van der Waals surface area (Å²) in [4.78, 5) is 56.4. The molecule has 1 saturated heterocycles. The summed E-state index contributed by atoms with van der Waals surface area (Å²) < 4.78 is 37.6. The second-order valence-corrected chi connectivity index (χ2v) is 28.2. The van der Waals surface area contributed by atoms with Gasteiger partial charge in [-0.15, -0.1) is 0 Å². The first-order chi connectivity index (χ1) is 39.5. The first kappa shape index (κ1) is 66.3. The van der Waals surface area contributed by atoms with E-state index in [9.17, 15) is 24.3 Å². The third kappa shape index (κ3) is 16.4. The molecule has 12 nitrogen and oxygen atoms in total. The number of methoxy groups -OCH3 is 1. The monoisotopic (exact) mass is 1150 g/mol. The van der Waals surface area contributed by atoms with Crippen molar-refractivity contribution in [3.8, 4) is 11.5 Å². The van der Waals surface area contributed by atoms with Crippen LogP contribution in [-0.2, 0) is 50.0 Å². The second-order valence-electron chi connectivity index (χ2n) is 28.2. The lowest BCUT2D eigenvalue weighted by atomic mass is 9.33. The third-order valence-corrected chi connectivity index (χ3v) is 21.2. The number of likely N-dealkylation sites (tertiary alicyclic amines) is 1. The summed E-state index contributed by atoms with van der Waals surface area (Å²) in [5, 5.41) is 12.7. The smallest absolute Gasteiger partial charge is 0.311 e. The zero-order valence-corrected chi connectivity index (χ0v) is 53.1. The van der Waals surface area contributed by atoms with Crippen LogP contribution in [0.5, 0.6) is 11.5 Å². The summed E-state index contributed by atoms with van der Waals surface area (Å²) in [5.74, 6) is -0.608. The number of nitrogens with zero attached hydrogens (tertiary/aromatic N) is 1. The van der Waals surface area contributed by atoms with E-state index in [0.717, 1.165) is 89.6 Å². The Labute approximate surface area is 497 Å². The highest BCUT2D eigenvalue weighted by molar-refractivity contribution is 5.77. The van der Waals surface area contributed by atoms with Crippen LogP contribution in [0.1, 0.15) is 291 Å². The van der Waals surface area contributed by atoms with Gasteiger partial charge in [-0.05, 0) is 100 Å². The average molecular weight is 1150 g/mol. The lowest BCUT2D eigenvalue weighted by molar-refractivity contribution is -0.312. The van der Waals surface area contributed by atoms with Crippen molar-refractivity contribution in [3.63, 3.8) is 0 Å². The number of ether oxygens (including phenoxy) is 6. The van der Waals surface area contributed by atoms with Gasteiger partial charge in [0.05, 0.1) is 5.60 Å². The van der Waals surface area contributed by atoms with E-state index in [4.69, 9.17) is 28.4 Å². The summed E-state index contributed by atoms with van der Waals surface area (Å²) in [5.41, 5.74) is -0.281. The number of piperidine rings is 1. The number of benzene rings is 1. The van der Waals surface area contributed by atoms with Crippen LogP contribution < -0.4 is 9.47 Å². The van der Waals surface area contributed by atoms with E-state index in [1.165, 1.54) is 152 Å². The van der Waals surface area contributed by atoms with Crippen molar-refractivity contribution < 1.29 is 52.7 Å². The van der Waals surface area contributed by atoms with Gasteiger partial charge in [-0.2, -0.15) is 0 Å².